The highest BCUT2D eigenvalue weighted by molar-refractivity contribution is 6.25. The highest BCUT2D eigenvalue weighted by Gasteiger charge is 2.16. The van der Waals surface area contributed by atoms with Crippen LogP contribution in [0.3, 0.4) is 0 Å². The molecule has 0 aromatic heterocycles. The van der Waals surface area contributed by atoms with E-state index in [0.29, 0.717) is 0 Å². The maximum absolute atomic E-state index is 6.62. The van der Waals surface area contributed by atoms with E-state index in [9.17, 15) is 0 Å². The normalized spacial score (nSPS) is 13.2. The fraction of sp³-hybridized carbons (Fsp3) is 0.0870. The molecule has 0 heterocycles. The van der Waals surface area contributed by atoms with E-state index in [4.69, 9.17) is 5.73 Å². The van der Waals surface area contributed by atoms with Crippen molar-refractivity contribution in [2.75, 3.05) is 0 Å². The Morgan fingerprint density at radius 3 is 1.70 bits per heavy atom. The van der Waals surface area contributed by atoms with Crippen LogP contribution in [0, 0.1) is 5.92 Å². The highest BCUT2D eigenvalue weighted by atomic mass is 14.6. The Kier molecular flexibility index (Phi) is 7.40. The van der Waals surface area contributed by atoms with Gasteiger partial charge in [0.15, 0.2) is 0 Å². The van der Waals surface area contributed by atoms with Gasteiger partial charge in [0.2, 0.25) is 0 Å². The summed E-state index contributed by atoms with van der Waals surface area (Å²) in [6.07, 6.45) is 4.25. The second-order valence-corrected chi connectivity index (χ2v) is 12.7. The molecule has 0 saturated carbocycles. The van der Waals surface area contributed by atoms with E-state index in [2.05, 4.69) is 171 Å². The molecule has 2 N–H and O–H groups in total. The van der Waals surface area contributed by atoms with Gasteiger partial charge < -0.3 is 5.73 Å². The van der Waals surface area contributed by atoms with Crippen LogP contribution in [0.5, 0.6) is 0 Å². The van der Waals surface area contributed by atoms with Crippen molar-refractivity contribution in [1.82, 2.24) is 0 Å². The predicted octanol–water partition coefficient (Wildman–Crippen LogP) is 12.5. The van der Waals surface area contributed by atoms with E-state index in [1.165, 1.54) is 76.5 Å². The van der Waals surface area contributed by atoms with Crippen LogP contribution in [-0.4, -0.2) is 0 Å². The molecule has 0 amide bonds. The lowest BCUT2D eigenvalue weighted by molar-refractivity contribution is 0.566. The van der Waals surface area contributed by atoms with Crippen molar-refractivity contribution in [3.63, 3.8) is 0 Å². The van der Waals surface area contributed by atoms with Gasteiger partial charge in [0, 0.05) is 6.04 Å². The zero-order valence-corrected chi connectivity index (χ0v) is 26.8. The molecule has 1 heteroatoms. The number of allylic oxidation sites excluding steroid dienone is 1. The molecule has 8 aromatic carbocycles. The lowest BCUT2D eigenvalue weighted by Gasteiger charge is -2.19. The number of nitrogens with two attached hydrogens (primary N) is 1. The summed E-state index contributed by atoms with van der Waals surface area (Å²) in [7, 11) is 0. The molecule has 226 valence electrons. The molecule has 0 saturated heterocycles. The molecule has 0 fully saturated rings. The molecule has 8 aromatic rings. The molecule has 0 radical (unpaired) electrons. The molecule has 0 aliphatic heterocycles. The van der Waals surface area contributed by atoms with Crippen LogP contribution < -0.4 is 5.73 Å². The summed E-state index contributed by atoms with van der Waals surface area (Å²) in [4.78, 5) is 0. The van der Waals surface area contributed by atoms with Gasteiger partial charge in [0.25, 0.3) is 0 Å². The van der Waals surface area contributed by atoms with Gasteiger partial charge >= 0.3 is 0 Å². The Hall–Kier alpha value is -5.50. The van der Waals surface area contributed by atoms with Crippen molar-refractivity contribution >= 4 is 43.1 Å². The fourth-order valence-electron chi connectivity index (χ4n) is 7.38. The lowest BCUT2D eigenvalue weighted by atomic mass is 9.87. The highest BCUT2D eigenvalue weighted by Crippen LogP contribution is 2.41. The zero-order valence-electron chi connectivity index (χ0n) is 26.8. The van der Waals surface area contributed by atoms with Gasteiger partial charge in [-0.15, -0.1) is 0 Å². The van der Waals surface area contributed by atoms with Gasteiger partial charge in [-0.05, 0) is 107 Å². The van der Waals surface area contributed by atoms with Crippen molar-refractivity contribution in [3.05, 3.63) is 169 Å². The summed E-state index contributed by atoms with van der Waals surface area (Å²) in [5.41, 5.74) is 15.1. The van der Waals surface area contributed by atoms with Crippen LogP contribution in [-0.2, 0) is 0 Å². The second-order valence-electron chi connectivity index (χ2n) is 12.7. The topological polar surface area (TPSA) is 26.0 Å². The van der Waals surface area contributed by atoms with Crippen molar-refractivity contribution in [2.45, 2.75) is 19.9 Å². The summed E-state index contributed by atoms with van der Waals surface area (Å²) >= 11 is 0. The van der Waals surface area contributed by atoms with Crippen LogP contribution in [0.25, 0.3) is 76.5 Å². The average Bonchev–Trinajstić information content (AvgIpc) is 3.14. The monoisotopic (exact) mass is 603 g/mol. The molecule has 0 bridgehead atoms. The van der Waals surface area contributed by atoms with E-state index in [-0.39, 0.29) is 12.0 Å². The van der Waals surface area contributed by atoms with Crippen LogP contribution in [0.1, 0.15) is 25.5 Å². The van der Waals surface area contributed by atoms with E-state index < -0.39 is 0 Å². The first-order valence-electron chi connectivity index (χ1n) is 16.6. The van der Waals surface area contributed by atoms with Gasteiger partial charge in [-0.2, -0.15) is 0 Å². The third-order valence-corrected chi connectivity index (χ3v) is 9.83. The third-order valence-electron chi connectivity index (χ3n) is 9.83. The number of rotatable bonds is 6. The summed E-state index contributed by atoms with van der Waals surface area (Å²) in [6.45, 7) is 4.22. The number of benzene rings is 8. The van der Waals surface area contributed by atoms with E-state index >= 15 is 0 Å². The van der Waals surface area contributed by atoms with Crippen molar-refractivity contribution in [1.29, 1.82) is 0 Å². The molecule has 2 unspecified atom stereocenters. The molecule has 47 heavy (non-hydrogen) atoms. The van der Waals surface area contributed by atoms with E-state index in [1.807, 2.05) is 6.92 Å². The quantitative estimate of drug-likeness (QED) is 0.148. The minimum Gasteiger partial charge on any atom is -0.323 e. The van der Waals surface area contributed by atoms with Crippen LogP contribution >= 0.6 is 0 Å². The first-order chi connectivity index (χ1) is 23.1. The molecular weight excluding hydrogens is 567 g/mol. The van der Waals surface area contributed by atoms with Crippen LogP contribution in [0.2, 0.25) is 0 Å². The predicted molar refractivity (Wildman–Crippen MR) is 204 cm³/mol. The molecular formula is C46H37N. The minimum atomic E-state index is -0.0370. The summed E-state index contributed by atoms with van der Waals surface area (Å²) in [5, 5.41) is 10.2. The summed E-state index contributed by atoms with van der Waals surface area (Å²) in [5.74, 6) is 0.275. The Labute approximate surface area is 276 Å². The van der Waals surface area contributed by atoms with Gasteiger partial charge in [0.05, 0.1) is 0 Å². The lowest BCUT2D eigenvalue weighted by Crippen LogP contribution is -2.17. The van der Waals surface area contributed by atoms with Gasteiger partial charge in [-0.25, -0.2) is 0 Å². The third kappa shape index (κ3) is 5.10. The van der Waals surface area contributed by atoms with Crippen LogP contribution in [0.4, 0.5) is 0 Å². The maximum Gasteiger partial charge on any atom is 0.0355 e. The number of hydrogen-bond acceptors (Lipinski definition) is 1. The Morgan fingerprint density at radius 2 is 1.02 bits per heavy atom. The van der Waals surface area contributed by atoms with Gasteiger partial charge in [0.1, 0.15) is 0 Å². The summed E-state index contributed by atoms with van der Waals surface area (Å²) in [6, 6.07) is 55.6. The van der Waals surface area contributed by atoms with Gasteiger partial charge in [-0.3, -0.25) is 0 Å². The Bertz CT molecular complexity index is 2410. The second kappa shape index (κ2) is 12.0. The average molecular weight is 604 g/mol. The standard InChI is InChI=1S/C46H37N/c1-3-11-30(2)46(47)33-22-20-32(21-23-33)38-26-24-31-12-4-5-15-37(31)45(38)36-14-10-13-34(28-36)35-25-27-43-41-18-7-6-16-39(41)40-17-8-9-19-42(40)44(43)29-35/h3-30,46H,47H2,1-2H3/b11-3-. The van der Waals surface area contributed by atoms with Crippen LogP contribution in [0.15, 0.2) is 164 Å². The molecule has 1 nitrogen and oxygen atoms in total. The van der Waals surface area contributed by atoms with E-state index in [1.54, 1.807) is 0 Å². The van der Waals surface area contributed by atoms with Gasteiger partial charge in [-0.1, -0.05) is 159 Å². The summed E-state index contributed by atoms with van der Waals surface area (Å²) < 4.78 is 0. The molecule has 0 spiro atoms. The van der Waals surface area contributed by atoms with Crippen molar-refractivity contribution < 1.29 is 0 Å². The zero-order chi connectivity index (χ0) is 31.9. The molecule has 2 atom stereocenters. The maximum atomic E-state index is 6.62. The molecule has 0 aliphatic rings. The number of fused-ring (bicyclic) bond motifs is 7. The van der Waals surface area contributed by atoms with Crippen molar-refractivity contribution in [2.24, 2.45) is 11.7 Å². The first-order valence-corrected chi connectivity index (χ1v) is 16.6. The fourth-order valence-corrected chi connectivity index (χ4v) is 7.38. The SMILES string of the molecule is C/C=C\C(C)C(N)c1ccc(-c2ccc3ccccc3c2-c2cccc(-c3ccc4c5ccccc5c5ccccc5c4c3)c2)cc1. The smallest absolute Gasteiger partial charge is 0.0355 e. The number of hydrogen-bond donors (Lipinski definition) is 1. The first kappa shape index (κ1) is 28.9. The van der Waals surface area contributed by atoms with Crippen molar-refractivity contribution in [3.8, 4) is 33.4 Å². The molecule has 8 rings (SSSR count). The van der Waals surface area contributed by atoms with E-state index in [0.717, 1.165) is 5.56 Å². The molecule has 0 aliphatic carbocycles. The minimum absolute atomic E-state index is 0.0370. The largest absolute Gasteiger partial charge is 0.323 e. The Balaban J connectivity index is 1.27. The Morgan fingerprint density at radius 1 is 0.468 bits per heavy atom.